The number of aryl methyl sites for hydroxylation is 1. The van der Waals surface area contributed by atoms with Crippen LogP contribution in [0.5, 0.6) is 0 Å². The molecule has 1 aliphatic carbocycles. The molecule has 0 aromatic carbocycles. The number of thioether (sulfide) groups is 1. The van der Waals surface area contributed by atoms with Gasteiger partial charge in [0.05, 0.1) is 32.1 Å². The first-order valence-corrected chi connectivity index (χ1v) is 11.0. The van der Waals surface area contributed by atoms with Crippen LogP contribution < -0.4 is 15.9 Å². The van der Waals surface area contributed by atoms with Crippen LogP contribution in [0.25, 0.3) is 0 Å². The van der Waals surface area contributed by atoms with Crippen molar-refractivity contribution < 1.29 is 19.0 Å². The molecule has 2 aromatic rings. The quantitative estimate of drug-likeness (QED) is 0.467. The Morgan fingerprint density at radius 3 is 2.93 bits per heavy atom. The van der Waals surface area contributed by atoms with E-state index in [1.165, 1.54) is 16.7 Å². The van der Waals surface area contributed by atoms with Gasteiger partial charge in [0.25, 0.3) is 0 Å². The molecular formula is C19H26N5O4S+. The number of anilines is 1. The minimum absolute atomic E-state index is 0.173. The summed E-state index contributed by atoms with van der Waals surface area (Å²) in [7, 11) is 0. The molecule has 9 nitrogen and oxygen atoms in total. The number of hydrogen-bond donors (Lipinski definition) is 2. The maximum absolute atomic E-state index is 12.7. The predicted octanol–water partition coefficient (Wildman–Crippen LogP) is -0.326. The largest absolute Gasteiger partial charge is 0.370 e. The topological polar surface area (TPSA) is 104 Å². The molecule has 10 heteroatoms. The summed E-state index contributed by atoms with van der Waals surface area (Å²) in [6.07, 6.45) is 2.81. The van der Waals surface area contributed by atoms with E-state index in [1.54, 1.807) is 13.0 Å². The van der Waals surface area contributed by atoms with Crippen molar-refractivity contribution in [2.24, 2.45) is 0 Å². The van der Waals surface area contributed by atoms with Gasteiger partial charge in [0.15, 0.2) is 5.82 Å². The van der Waals surface area contributed by atoms with E-state index in [0.717, 1.165) is 63.4 Å². The molecule has 1 amide bonds. The van der Waals surface area contributed by atoms with Gasteiger partial charge >= 0.3 is 5.69 Å². The van der Waals surface area contributed by atoms with Gasteiger partial charge in [-0.25, -0.2) is 4.79 Å². The van der Waals surface area contributed by atoms with E-state index in [1.807, 2.05) is 4.57 Å². The van der Waals surface area contributed by atoms with Gasteiger partial charge in [-0.05, 0) is 26.2 Å². The highest BCUT2D eigenvalue weighted by Gasteiger charge is 2.23. The minimum Gasteiger partial charge on any atom is -0.370 e. The van der Waals surface area contributed by atoms with Crippen molar-refractivity contribution in [2.75, 3.05) is 43.9 Å². The summed E-state index contributed by atoms with van der Waals surface area (Å²) in [6, 6.07) is 1.66. The predicted molar refractivity (Wildman–Crippen MR) is 107 cm³/mol. The van der Waals surface area contributed by atoms with Crippen LogP contribution in [0.15, 0.2) is 20.4 Å². The van der Waals surface area contributed by atoms with Gasteiger partial charge in [-0.1, -0.05) is 16.9 Å². The van der Waals surface area contributed by atoms with Crippen molar-refractivity contribution in [2.45, 2.75) is 37.8 Å². The average molecular weight is 421 g/mol. The summed E-state index contributed by atoms with van der Waals surface area (Å²) in [5.41, 5.74) is 2.00. The molecule has 0 bridgehead atoms. The first kappa shape index (κ1) is 20.1. The van der Waals surface area contributed by atoms with Crippen LogP contribution in [0.1, 0.15) is 23.4 Å². The maximum Gasteiger partial charge on any atom is 0.349 e. The third kappa shape index (κ3) is 4.88. The molecule has 0 radical (unpaired) electrons. The molecule has 3 heterocycles. The fourth-order valence-electron chi connectivity index (χ4n) is 3.85. The molecule has 156 valence electrons. The minimum atomic E-state index is -0.214. The molecule has 2 aromatic heterocycles. The van der Waals surface area contributed by atoms with Gasteiger partial charge in [0.1, 0.15) is 23.9 Å². The summed E-state index contributed by atoms with van der Waals surface area (Å²) in [5.74, 6) is 1.01. The summed E-state index contributed by atoms with van der Waals surface area (Å²) in [5, 5.41) is 7.14. The van der Waals surface area contributed by atoms with Crippen LogP contribution in [-0.4, -0.2) is 59.2 Å². The van der Waals surface area contributed by atoms with Crippen molar-refractivity contribution in [3.63, 3.8) is 0 Å². The lowest BCUT2D eigenvalue weighted by Gasteiger charge is -2.24. The number of ether oxygens (including phenoxy) is 1. The Kier molecular flexibility index (Phi) is 6.31. The van der Waals surface area contributed by atoms with E-state index in [9.17, 15) is 9.59 Å². The zero-order valence-corrected chi connectivity index (χ0v) is 17.3. The van der Waals surface area contributed by atoms with E-state index in [4.69, 9.17) is 9.26 Å². The van der Waals surface area contributed by atoms with Crippen molar-refractivity contribution >= 4 is 23.5 Å². The normalized spacial score (nSPS) is 16.7. The van der Waals surface area contributed by atoms with E-state index in [2.05, 4.69) is 15.5 Å². The van der Waals surface area contributed by atoms with Crippen molar-refractivity contribution in [1.29, 1.82) is 0 Å². The molecule has 1 fully saturated rings. The number of carbonyl (C=O) groups excluding carboxylic acids is 1. The number of rotatable bonds is 7. The maximum atomic E-state index is 12.7. The summed E-state index contributed by atoms with van der Waals surface area (Å²) >= 11 is 1.31. The number of quaternary nitrogens is 1. The van der Waals surface area contributed by atoms with Crippen LogP contribution >= 0.6 is 11.8 Å². The fraction of sp³-hybridized carbons (Fsp3) is 0.579. The van der Waals surface area contributed by atoms with Gasteiger partial charge < -0.3 is 19.5 Å². The molecule has 1 aliphatic heterocycles. The summed E-state index contributed by atoms with van der Waals surface area (Å²) < 4.78 is 12.2. The Morgan fingerprint density at radius 1 is 1.34 bits per heavy atom. The first-order chi connectivity index (χ1) is 14.1. The second-order valence-corrected chi connectivity index (χ2v) is 8.37. The molecule has 29 heavy (non-hydrogen) atoms. The van der Waals surface area contributed by atoms with E-state index < -0.39 is 0 Å². The lowest BCUT2D eigenvalue weighted by Crippen LogP contribution is -3.14. The van der Waals surface area contributed by atoms with Gasteiger partial charge in [0, 0.05) is 17.3 Å². The lowest BCUT2D eigenvalue weighted by molar-refractivity contribution is -0.908. The van der Waals surface area contributed by atoms with Crippen LogP contribution in [-0.2, 0) is 28.9 Å². The molecule has 2 aliphatic rings. The SMILES string of the molecule is Cc1cc(NC(=O)CSc2nc(=O)n(CC[NH+]3CCOCC3)c3c2CCC3)no1. The first-order valence-electron chi connectivity index (χ1n) is 10.00. The second kappa shape index (κ2) is 9.10. The number of hydrogen-bond acceptors (Lipinski definition) is 7. The van der Waals surface area contributed by atoms with E-state index >= 15 is 0 Å². The number of morpholine rings is 1. The number of carbonyl (C=O) groups is 1. The van der Waals surface area contributed by atoms with Crippen molar-refractivity contribution in [3.8, 4) is 0 Å². The molecule has 1 saturated heterocycles. The van der Waals surface area contributed by atoms with Crippen LogP contribution in [0.3, 0.4) is 0 Å². The Morgan fingerprint density at radius 2 is 2.17 bits per heavy atom. The number of fused-ring (bicyclic) bond motifs is 1. The second-order valence-electron chi connectivity index (χ2n) is 7.40. The third-order valence-corrected chi connectivity index (χ3v) is 6.34. The zero-order chi connectivity index (χ0) is 20.2. The highest BCUT2D eigenvalue weighted by atomic mass is 32.2. The van der Waals surface area contributed by atoms with Crippen molar-refractivity contribution in [3.05, 3.63) is 33.6 Å². The van der Waals surface area contributed by atoms with Gasteiger partial charge in [-0.15, -0.1) is 0 Å². The van der Waals surface area contributed by atoms with Crippen molar-refractivity contribution in [1.82, 2.24) is 14.7 Å². The van der Waals surface area contributed by atoms with E-state index in [0.29, 0.717) is 23.1 Å². The number of amides is 1. The van der Waals surface area contributed by atoms with Crippen LogP contribution in [0, 0.1) is 6.92 Å². The Balaban J connectivity index is 1.41. The Labute approximate surface area is 172 Å². The fourth-order valence-corrected chi connectivity index (χ4v) is 4.73. The molecule has 2 N–H and O–H groups in total. The Bertz CT molecular complexity index is 935. The summed E-state index contributed by atoms with van der Waals surface area (Å²) in [4.78, 5) is 30.7. The smallest absolute Gasteiger partial charge is 0.349 e. The summed E-state index contributed by atoms with van der Waals surface area (Å²) in [6.45, 7) is 6.89. The third-order valence-electron chi connectivity index (χ3n) is 5.33. The molecule has 0 unspecified atom stereocenters. The highest BCUT2D eigenvalue weighted by Crippen LogP contribution is 2.29. The van der Waals surface area contributed by atoms with E-state index in [-0.39, 0.29) is 17.3 Å². The standard InChI is InChI=1S/C19H25N5O4S/c1-13-11-16(22-28-13)20-17(25)12-29-18-14-3-2-4-15(14)24(19(26)21-18)6-5-23-7-9-27-10-8-23/h11H,2-10,12H2,1H3,(H,20,22,25)/p+1. The zero-order valence-electron chi connectivity index (χ0n) is 16.5. The van der Waals surface area contributed by atoms with Crippen LogP contribution in [0.4, 0.5) is 5.82 Å². The van der Waals surface area contributed by atoms with Gasteiger partial charge in [-0.2, -0.15) is 4.98 Å². The average Bonchev–Trinajstić information content (AvgIpc) is 3.35. The Hall–Kier alpha value is -2.17. The molecular weight excluding hydrogens is 394 g/mol. The van der Waals surface area contributed by atoms with Gasteiger partial charge in [-0.3, -0.25) is 9.36 Å². The molecule has 4 rings (SSSR count). The molecule has 0 atom stereocenters. The monoisotopic (exact) mass is 420 g/mol. The molecule has 0 saturated carbocycles. The lowest BCUT2D eigenvalue weighted by atomic mass is 10.2. The highest BCUT2D eigenvalue weighted by molar-refractivity contribution is 8.00. The van der Waals surface area contributed by atoms with Crippen LogP contribution in [0.2, 0.25) is 0 Å². The number of aromatic nitrogens is 3. The molecule has 0 spiro atoms. The van der Waals surface area contributed by atoms with Gasteiger partial charge in [0.2, 0.25) is 5.91 Å². The number of nitrogens with one attached hydrogen (secondary N) is 2. The number of nitrogens with zero attached hydrogens (tertiary/aromatic N) is 3.